The van der Waals surface area contributed by atoms with Crippen LogP contribution in [0.15, 0.2) is 23.1 Å². The summed E-state index contributed by atoms with van der Waals surface area (Å²) in [4.78, 5) is 0.160. The summed E-state index contributed by atoms with van der Waals surface area (Å²) in [5.41, 5.74) is 0.0133. The molecule has 1 atom stereocenters. The topological polar surface area (TPSA) is 12.0 Å². The SMILES string of the molecule is FC(F)(F)c1ccc2c(c1)SC(Cl)N2. The lowest BCUT2D eigenvalue weighted by atomic mass is 10.2. The second-order valence-electron chi connectivity index (χ2n) is 2.79. The van der Waals surface area contributed by atoms with Crippen molar-refractivity contribution in [1.82, 2.24) is 0 Å². The van der Waals surface area contributed by atoms with E-state index >= 15 is 0 Å². The van der Waals surface area contributed by atoms with Gasteiger partial charge in [0.25, 0.3) is 0 Å². The van der Waals surface area contributed by atoms with Gasteiger partial charge in [-0.15, -0.1) is 0 Å². The number of rotatable bonds is 0. The maximum absolute atomic E-state index is 12.3. The molecule has 6 heteroatoms. The Kier molecular flexibility index (Phi) is 2.31. The molecule has 1 aliphatic rings. The summed E-state index contributed by atoms with van der Waals surface area (Å²) in [6.07, 6.45) is -4.29. The van der Waals surface area contributed by atoms with Crippen molar-refractivity contribution in [2.24, 2.45) is 0 Å². The molecule has 1 nitrogen and oxygen atoms in total. The number of halogens is 4. The Morgan fingerprint density at radius 1 is 1.36 bits per heavy atom. The number of fused-ring (bicyclic) bond motifs is 1. The summed E-state index contributed by atoms with van der Waals surface area (Å²) in [5.74, 6) is 0. The van der Waals surface area contributed by atoms with E-state index in [0.29, 0.717) is 10.6 Å². The van der Waals surface area contributed by atoms with Crippen LogP contribution >= 0.6 is 23.4 Å². The molecule has 1 heterocycles. The quantitative estimate of drug-likeness (QED) is 0.547. The van der Waals surface area contributed by atoms with Crippen LogP contribution in [-0.2, 0) is 6.18 Å². The Hall–Kier alpha value is -0.550. The summed E-state index contributed by atoms with van der Waals surface area (Å²) >= 11 is 6.89. The normalized spacial score (nSPS) is 20.4. The maximum atomic E-state index is 12.3. The Labute approximate surface area is 87.6 Å². The van der Waals surface area contributed by atoms with Crippen LogP contribution in [0.5, 0.6) is 0 Å². The second kappa shape index (κ2) is 3.24. The first-order chi connectivity index (χ1) is 6.47. The summed E-state index contributed by atoms with van der Waals surface area (Å²) in [6, 6.07) is 3.55. The van der Waals surface area contributed by atoms with Crippen LogP contribution in [0, 0.1) is 0 Å². The molecule has 0 fully saturated rings. The lowest BCUT2D eigenvalue weighted by molar-refractivity contribution is -0.137. The second-order valence-corrected chi connectivity index (χ2v) is 4.63. The van der Waals surface area contributed by atoms with E-state index in [-0.39, 0.29) is 4.83 Å². The summed E-state index contributed by atoms with van der Waals surface area (Å²) in [7, 11) is 0. The number of thioether (sulfide) groups is 1. The molecule has 1 aromatic carbocycles. The third kappa shape index (κ3) is 1.79. The first-order valence-corrected chi connectivity index (χ1v) is 5.07. The molecule has 0 saturated heterocycles. The van der Waals surface area contributed by atoms with Gasteiger partial charge in [-0.25, -0.2) is 0 Å². The standard InChI is InChI=1S/C8H5ClF3NS/c9-7-13-5-2-1-4(8(10,11)12)3-6(5)14-7/h1-3,7,13H. The Bertz CT molecular complexity index is 366. The number of benzene rings is 1. The zero-order chi connectivity index (χ0) is 10.3. The Morgan fingerprint density at radius 2 is 2.07 bits per heavy atom. The van der Waals surface area contributed by atoms with Crippen molar-refractivity contribution < 1.29 is 13.2 Å². The van der Waals surface area contributed by atoms with Crippen molar-refractivity contribution in [2.45, 2.75) is 15.9 Å². The highest BCUT2D eigenvalue weighted by Gasteiger charge is 2.32. The fourth-order valence-electron chi connectivity index (χ4n) is 1.18. The van der Waals surface area contributed by atoms with Gasteiger partial charge in [0.1, 0.15) is 0 Å². The molecule has 0 saturated carbocycles. The first-order valence-electron chi connectivity index (χ1n) is 3.75. The lowest BCUT2D eigenvalue weighted by Crippen LogP contribution is -2.04. The molecule has 0 aromatic heterocycles. The van der Waals surface area contributed by atoms with Crippen LogP contribution in [0.2, 0.25) is 0 Å². The lowest BCUT2D eigenvalue weighted by Gasteiger charge is -2.07. The smallest absolute Gasteiger partial charge is 0.360 e. The number of anilines is 1. The molecule has 1 aromatic rings. The molecule has 0 spiro atoms. The van der Waals surface area contributed by atoms with Gasteiger partial charge >= 0.3 is 6.18 Å². The molecule has 1 aliphatic heterocycles. The minimum Gasteiger partial charge on any atom is -0.360 e. The van der Waals surface area contributed by atoms with E-state index in [9.17, 15) is 13.2 Å². The molecule has 0 amide bonds. The van der Waals surface area contributed by atoms with Crippen molar-refractivity contribution in [2.75, 3.05) is 5.32 Å². The molecule has 76 valence electrons. The number of alkyl halides is 4. The molecule has 2 rings (SSSR count). The van der Waals surface area contributed by atoms with E-state index in [1.54, 1.807) is 0 Å². The third-order valence-corrected chi connectivity index (χ3v) is 3.10. The molecular weight excluding hydrogens is 235 g/mol. The van der Waals surface area contributed by atoms with E-state index in [1.165, 1.54) is 17.8 Å². The fourth-order valence-corrected chi connectivity index (χ4v) is 2.44. The first kappa shape index (κ1) is 9.98. The average molecular weight is 240 g/mol. The molecule has 0 bridgehead atoms. The van der Waals surface area contributed by atoms with Crippen molar-refractivity contribution in [3.8, 4) is 0 Å². The minimum absolute atomic E-state index is 0.381. The van der Waals surface area contributed by atoms with Crippen LogP contribution < -0.4 is 5.32 Å². The fraction of sp³-hybridized carbons (Fsp3) is 0.250. The van der Waals surface area contributed by atoms with E-state index < -0.39 is 11.7 Å². The van der Waals surface area contributed by atoms with Gasteiger partial charge in [-0.1, -0.05) is 23.4 Å². The van der Waals surface area contributed by atoms with E-state index in [2.05, 4.69) is 5.32 Å². The zero-order valence-corrected chi connectivity index (χ0v) is 8.30. The average Bonchev–Trinajstić information content (AvgIpc) is 2.41. The van der Waals surface area contributed by atoms with Gasteiger partial charge < -0.3 is 5.32 Å². The van der Waals surface area contributed by atoms with E-state index in [0.717, 1.165) is 12.1 Å². The highest BCUT2D eigenvalue weighted by molar-refractivity contribution is 8.01. The van der Waals surface area contributed by atoms with Gasteiger partial charge in [-0.05, 0) is 18.2 Å². The number of nitrogens with one attached hydrogen (secondary N) is 1. The monoisotopic (exact) mass is 239 g/mol. The van der Waals surface area contributed by atoms with Gasteiger partial charge in [0.2, 0.25) is 0 Å². The zero-order valence-electron chi connectivity index (χ0n) is 6.73. The van der Waals surface area contributed by atoms with Crippen LogP contribution in [0.4, 0.5) is 18.9 Å². The molecule has 1 unspecified atom stereocenters. The third-order valence-electron chi connectivity index (χ3n) is 1.81. The maximum Gasteiger partial charge on any atom is 0.416 e. The Morgan fingerprint density at radius 3 is 2.71 bits per heavy atom. The largest absolute Gasteiger partial charge is 0.416 e. The van der Waals surface area contributed by atoms with Crippen LogP contribution in [0.25, 0.3) is 0 Å². The molecule has 0 radical (unpaired) electrons. The van der Waals surface area contributed by atoms with Crippen LogP contribution in [0.3, 0.4) is 0 Å². The van der Waals surface area contributed by atoms with E-state index in [1.807, 2.05) is 0 Å². The highest BCUT2D eigenvalue weighted by atomic mass is 35.5. The molecular formula is C8H5ClF3NS. The predicted octanol–water partition coefficient (Wildman–Crippen LogP) is 3.75. The van der Waals surface area contributed by atoms with Gasteiger partial charge in [-0.3, -0.25) is 0 Å². The predicted molar refractivity (Wildman–Crippen MR) is 50.6 cm³/mol. The van der Waals surface area contributed by atoms with Crippen molar-refractivity contribution in [3.05, 3.63) is 23.8 Å². The van der Waals surface area contributed by atoms with Crippen molar-refractivity contribution in [3.63, 3.8) is 0 Å². The van der Waals surface area contributed by atoms with Crippen LogP contribution in [-0.4, -0.2) is 4.83 Å². The summed E-state index contributed by atoms with van der Waals surface area (Å²) < 4.78 is 36.9. The van der Waals surface area contributed by atoms with Gasteiger partial charge in [0.05, 0.1) is 5.56 Å². The molecule has 1 N–H and O–H groups in total. The van der Waals surface area contributed by atoms with Crippen molar-refractivity contribution in [1.29, 1.82) is 0 Å². The van der Waals surface area contributed by atoms with Crippen LogP contribution in [0.1, 0.15) is 5.56 Å². The van der Waals surface area contributed by atoms with Gasteiger partial charge in [-0.2, -0.15) is 13.2 Å². The highest BCUT2D eigenvalue weighted by Crippen LogP contribution is 2.42. The van der Waals surface area contributed by atoms with Gasteiger partial charge in [0, 0.05) is 10.6 Å². The van der Waals surface area contributed by atoms with E-state index in [4.69, 9.17) is 11.6 Å². The summed E-state index contributed by atoms with van der Waals surface area (Å²) in [6.45, 7) is 0. The Balaban J connectivity index is 2.38. The van der Waals surface area contributed by atoms with Crippen molar-refractivity contribution >= 4 is 29.1 Å². The minimum atomic E-state index is -4.29. The molecule has 0 aliphatic carbocycles. The molecule has 14 heavy (non-hydrogen) atoms. The summed E-state index contributed by atoms with van der Waals surface area (Å²) in [5, 5.41) is 2.84. The number of hydrogen-bond acceptors (Lipinski definition) is 2. The number of hydrogen-bond donors (Lipinski definition) is 1. The van der Waals surface area contributed by atoms with Gasteiger partial charge in [0.15, 0.2) is 4.83 Å².